The summed E-state index contributed by atoms with van der Waals surface area (Å²) in [5, 5.41) is 13.8. The second-order valence-corrected chi connectivity index (χ2v) is 8.51. The van der Waals surface area contributed by atoms with Gasteiger partial charge in [-0.15, -0.1) is 0 Å². The van der Waals surface area contributed by atoms with Crippen LogP contribution < -0.4 is 10.2 Å². The van der Waals surface area contributed by atoms with Crippen LogP contribution in [-0.2, 0) is 0 Å². The molecule has 5 nitrogen and oxygen atoms in total. The lowest BCUT2D eigenvalue weighted by Gasteiger charge is -2.28. The van der Waals surface area contributed by atoms with Crippen molar-refractivity contribution in [3.63, 3.8) is 0 Å². The van der Waals surface area contributed by atoms with E-state index in [0.717, 1.165) is 28.3 Å². The number of hydrogen-bond acceptors (Lipinski definition) is 3. The summed E-state index contributed by atoms with van der Waals surface area (Å²) >= 11 is 5.76. The van der Waals surface area contributed by atoms with Crippen molar-refractivity contribution in [3.8, 4) is 11.4 Å². The first-order chi connectivity index (χ1) is 16.0. The van der Waals surface area contributed by atoms with E-state index < -0.39 is 0 Å². The molecule has 2 N–H and O–H groups in total. The van der Waals surface area contributed by atoms with Crippen LogP contribution in [0.5, 0.6) is 5.75 Å². The molecule has 0 unspecified atom stereocenters. The second-order valence-electron chi connectivity index (χ2n) is 8.13. The maximum Gasteiger partial charge on any atom is 0.174 e. The Labute approximate surface area is 197 Å². The van der Waals surface area contributed by atoms with E-state index in [1.54, 1.807) is 30.5 Å². The molecule has 33 heavy (non-hydrogen) atoms. The molecular formula is C26H23FN4OS. The first-order valence-electron chi connectivity index (χ1n) is 10.7. The first-order valence-corrected chi connectivity index (χ1v) is 11.1. The fourth-order valence-electron chi connectivity index (χ4n) is 4.65. The summed E-state index contributed by atoms with van der Waals surface area (Å²) in [5.41, 5.74) is 5.10. The molecule has 0 spiro atoms. The summed E-state index contributed by atoms with van der Waals surface area (Å²) < 4.78 is 16.6. The van der Waals surface area contributed by atoms with E-state index in [2.05, 4.69) is 16.4 Å². The van der Waals surface area contributed by atoms with Gasteiger partial charge in [-0.1, -0.05) is 18.2 Å². The lowest BCUT2D eigenvalue weighted by Crippen LogP contribution is -2.29. The third-order valence-corrected chi connectivity index (χ3v) is 6.42. The van der Waals surface area contributed by atoms with Gasteiger partial charge in [0.05, 0.1) is 23.5 Å². The largest absolute Gasteiger partial charge is 0.508 e. The Bertz CT molecular complexity index is 1320. The average Bonchev–Trinajstić information content (AvgIpc) is 3.31. The molecule has 1 fully saturated rings. The van der Waals surface area contributed by atoms with E-state index >= 15 is 0 Å². The molecule has 1 aliphatic rings. The molecule has 0 bridgehead atoms. The molecule has 5 rings (SSSR count). The van der Waals surface area contributed by atoms with E-state index in [-0.39, 0.29) is 23.7 Å². The van der Waals surface area contributed by atoms with Crippen molar-refractivity contribution in [2.75, 3.05) is 4.90 Å². The number of nitrogens with zero attached hydrogens (tertiary/aromatic N) is 3. The van der Waals surface area contributed by atoms with Crippen molar-refractivity contribution in [1.29, 1.82) is 0 Å². The van der Waals surface area contributed by atoms with E-state index in [1.165, 1.54) is 6.07 Å². The number of hydrogen-bond donors (Lipinski definition) is 2. The molecule has 0 aliphatic carbocycles. The summed E-state index contributed by atoms with van der Waals surface area (Å²) in [6, 6.07) is 21.2. The Kier molecular flexibility index (Phi) is 5.34. The molecule has 2 aromatic heterocycles. The van der Waals surface area contributed by atoms with Gasteiger partial charge in [-0.2, -0.15) is 0 Å². The topological polar surface area (TPSA) is 53.3 Å². The van der Waals surface area contributed by atoms with E-state index in [9.17, 15) is 9.50 Å². The minimum atomic E-state index is -0.275. The number of aromatic hydroxyl groups is 1. The lowest BCUT2D eigenvalue weighted by molar-refractivity contribution is 0.475. The van der Waals surface area contributed by atoms with Crippen LogP contribution in [-0.4, -0.2) is 19.8 Å². The van der Waals surface area contributed by atoms with E-state index in [1.807, 2.05) is 59.7 Å². The molecule has 0 radical (unpaired) electrons. The highest BCUT2D eigenvalue weighted by Gasteiger charge is 2.42. The van der Waals surface area contributed by atoms with Gasteiger partial charge in [-0.25, -0.2) is 4.39 Å². The Hall–Kier alpha value is -3.71. The number of nitrogens with one attached hydrogen (secondary N) is 1. The van der Waals surface area contributed by atoms with Crippen LogP contribution >= 0.6 is 12.2 Å². The number of aromatic nitrogens is 2. The molecule has 166 valence electrons. The van der Waals surface area contributed by atoms with Crippen LogP contribution in [0, 0.1) is 19.7 Å². The Morgan fingerprint density at radius 1 is 1.00 bits per heavy atom. The summed E-state index contributed by atoms with van der Waals surface area (Å²) in [7, 11) is 0. The zero-order chi connectivity index (χ0) is 23.1. The molecular weight excluding hydrogens is 435 g/mol. The number of phenols is 1. The molecule has 7 heteroatoms. The Morgan fingerprint density at radius 2 is 1.73 bits per heavy atom. The van der Waals surface area contributed by atoms with Crippen LogP contribution in [0.25, 0.3) is 5.69 Å². The SMILES string of the molecule is Cc1cc([C@@H]2[C@H](c3ccccn3)NC(=S)N2c2ccc(O)cc2)c(C)n1-c1ccccc1F. The standard InChI is InChI=1S/C26H23FN4OS/c1-16-15-20(17(2)30(16)23-9-4-3-7-21(23)27)25-24(22-8-5-6-14-28-22)29-26(33)31(25)18-10-12-19(32)13-11-18/h3-15,24-25,32H,1-2H3,(H,29,33)/t24-,25+/m0/s1. The van der Waals surface area contributed by atoms with E-state index in [4.69, 9.17) is 12.2 Å². The van der Waals surface area contributed by atoms with Gasteiger partial charge < -0.3 is 19.9 Å². The van der Waals surface area contributed by atoms with Gasteiger partial charge in [0.25, 0.3) is 0 Å². The van der Waals surface area contributed by atoms with Gasteiger partial charge in [-0.3, -0.25) is 4.98 Å². The number of aryl methyl sites for hydroxylation is 1. The van der Waals surface area contributed by atoms with Crippen LogP contribution in [0.1, 0.15) is 34.7 Å². The quantitative estimate of drug-likeness (QED) is 0.395. The smallest absolute Gasteiger partial charge is 0.174 e. The fraction of sp³-hybridized carbons (Fsp3) is 0.154. The highest BCUT2D eigenvalue weighted by Crippen LogP contribution is 2.44. The van der Waals surface area contributed by atoms with E-state index in [0.29, 0.717) is 10.8 Å². The highest BCUT2D eigenvalue weighted by atomic mass is 32.1. The van der Waals surface area contributed by atoms with Gasteiger partial charge >= 0.3 is 0 Å². The van der Waals surface area contributed by atoms with Gasteiger partial charge in [0.1, 0.15) is 11.6 Å². The van der Waals surface area contributed by atoms with Crippen molar-refractivity contribution in [1.82, 2.24) is 14.9 Å². The average molecular weight is 459 g/mol. The molecule has 3 heterocycles. The zero-order valence-corrected chi connectivity index (χ0v) is 19.1. The highest BCUT2D eigenvalue weighted by molar-refractivity contribution is 7.80. The Morgan fingerprint density at radius 3 is 2.42 bits per heavy atom. The number of rotatable bonds is 4. The fourth-order valence-corrected chi connectivity index (χ4v) is 5.00. The van der Waals surface area contributed by atoms with Crippen molar-refractivity contribution < 1.29 is 9.50 Å². The molecule has 4 aromatic rings. The summed E-state index contributed by atoms with van der Waals surface area (Å²) in [5.74, 6) is -0.0880. The summed E-state index contributed by atoms with van der Waals surface area (Å²) in [6.45, 7) is 3.98. The second kappa shape index (κ2) is 8.33. The van der Waals surface area contributed by atoms with Gasteiger partial charge in [0.15, 0.2) is 5.11 Å². The van der Waals surface area contributed by atoms with Crippen molar-refractivity contribution in [3.05, 3.63) is 107 Å². The lowest BCUT2D eigenvalue weighted by atomic mass is 9.96. The Balaban J connectivity index is 1.69. The van der Waals surface area contributed by atoms with Crippen molar-refractivity contribution in [2.45, 2.75) is 25.9 Å². The van der Waals surface area contributed by atoms with Gasteiger partial charge in [0.2, 0.25) is 0 Å². The molecule has 1 aliphatic heterocycles. The zero-order valence-electron chi connectivity index (χ0n) is 18.2. The minimum Gasteiger partial charge on any atom is -0.508 e. The summed E-state index contributed by atoms with van der Waals surface area (Å²) in [4.78, 5) is 6.63. The number of phenolic OH excluding ortho intramolecular Hbond substituents is 1. The van der Waals surface area contributed by atoms with Crippen molar-refractivity contribution >= 4 is 23.0 Å². The molecule has 1 saturated heterocycles. The number of anilines is 1. The number of benzene rings is 2. The number of pyridine rings is 1. The molecule has 2 aromatic carbocycles. The first kappa shape index (κ1) is 21.2. The minimum absolute atomic E-state index is 0.187. The maximum atomic E-state index is 14.7. The molecule has 2 atom stereocenters. The molecule has 0 saturated carbocycles. The predicted molar refractivity (Wildman–Crippen MR) is 131 cm³/mol. The third-order valence-electron chi connectivity index (χ3n) is 6.11. The number of halogens is 1. The monoisotopic (exact) mass is 458 g/mol. The van der Waals surface area contributed by atoms with Crippen LogP contribution in [0.2, 0.25) is 0 Å². The van der Waals surface area contributed by atoms with Crippen LogP contribution in [0.15, 0.2) is 79.0 Å². The van der Waals surface area contributed by atoms with Gasteiger partial charge in [-0.05, 0) is 86.2 Å². The number of thiocarbonyl (C=S) groups is 1. The van der Waals surface area contributed by atoms with Crippen LogP contribution in [0.3, 0.4) is 0 Å². The molecule has 0 amide bonds. The van der Waals surface area contributed by atoms with Crippen molar-refractivity contribution in [2.24, 2.45) is 0 Å². The summed E-state index contributed by atoms with van der Waals surface area (Å²) in [6.07, 6.45) is 1.77. The maximum absolute atomic E-state index is 14.7. The van der Waals surface area contributed by atoms with Gasteiger partial charge in [0, 0.05) is 23.3 Å². The predicted octanol–water partition coefficient (Wildman–Crippen LogP) is 5.51. The number of para-hydroxylation sites is 1. The van der Waals surface area contributed by atoms with Crippen LogP contribution in [0.4, 0.5) is 10.1 Å². The normalized spacial score (nSPS) is 17.9. The third kappa shape index (κ3) is 3.64.